The first-order chi connectivity index (χ1) is 15.1. The lowest BCUT2D eigenvalue weighted by molar-refractivity contribution is -0.125. The SMILES string of the molecule is CCC(C(=O)NCc1ccc(Cn2cccn2)cc1)n1nnc(-c2ccc(Cl)cc2)n1. The average Bonchev–Trinajstić information content (AvgIpc) is 3.47. The number of carbonyl (C=O) groups excluding carboxylic acids is 1. The van der Waals surface area contributed by atoms with E-state index in [0.29, 0.717) is 30.4 Å². The van der Waals surface area contributed by atoms with Crippen LogP contribution in [0.15, 0.2) is 67.0 Å². The van der Waals surface area contributed by atoms with Crippen LogP contribution in [0.2, 0.25) is 5.02 Å². The third-order valence-electron chi connectivity index (χ3n) is 4.89. The molecular formula is C22H22ClN7O. The summed E-state index contributed by atoms with van der Waals surface area (Å²) in [6, 6.07) is 16.6. The molecule has 31 heavy (non-hydrogen) atoms. The van der Waals surface area contributed by atoms with E-state index in [4.69, 9.17) is 11.6 Å². The fraction of sp³-hybridized carbons (Fsp3) is 0.227. The molecule has 158 valence electrons. The largest absolute Gasteiger partial charge is 0.350 e. The summed E-state index contributed by atoms with van der Waals surface area (Å²) in [7, 11) is 0. The molecule has 0 aliphatic rings. The van der Waals surface area contributed by atoms with E-state index < -0.39 is 6.04 Å². The van der Waals surface area contributed by atoms with Gasteiger partial charge in [0.1, 0.15) is 0 Å². The lowest BCUT2D eigenvalue weighted by atomic mass is 10.1. The fourth-order valence-electron chi connectivity index (χ4n) is 3.18. The lowest BCUT2D eigenvalue weighted by Gasteiger charge is -2.13. The molecule has 0 spiro atoms. The van der Waals surface area contributed by atoms with Gasteiger partial charge in [-0.3, -0.25) is 9.48 Å². The van der Waals surface area contributed by atoms with Gasteiger partial charge in [0, 0.05) is 29.5 Å². The number of hydrogen-bond donors (Lipinski definition) is 1. The van der Waals surface area contributed by atoms with Crippen molar-refractivity contribution in [3.63, 3.8) is 0 Å². The Morgan fingerprint density at radius 1 is 1.10 bits per heavy atom. The normalized spacial score (nSPS) is 11.9. The zero-order valence-electron chi connectivity index (χ0n) is 17.0. The summed E-state index contributed by atoms with van der Waals surface area (Å²) in [5.74, 6) is 0.305. The van der Waals surface area contributed by atoms with E-state index in [0.717, 1.165) is 16.7 Å². The number of rotatable bonds is 8. The summed E-state index contributed by atoms with van der Waals surface area (Å²) in [4.78, 5) is 14.1. The van der Waals surface area contributed by atoms with Gasteiger partial charge >= 0.3 is 0 Å². The number of benzene rings is 2. The maximum Gasteiger partial charge on any atom is 0.247 e. The Kier molecular flexibility index (Phi) is 6.37. The van der Waals surface area contributed by atoms with Gasteiger partial charge in [0.2, 0.25) is 11.7 Å². The molecule has 1 unspecified atom stereocenters. The lowest BCUT2D eigenvalue weighted by Crippen LogP contribution is -2.33. The highest BCUT2D eigenvalue weighted by molar-refractivity contribution is 6.30. The van der Waals surface area contributed by atoms with Crippen LogP contribution in [0.4, 0.5) is 0 Å². The Morgan fingerprint density at radius 2 is 1.84 bits per heavy atom. The highest BCUT2D eigenvalue weighted by Gasteiger charge is 2.21. The molecule has 9 heteroatoms. The third-order valence-corrected chi connectivity index (χ3v) is 5.14. The van der Waals surface area contributed by atoms with Crippen molar-refractivity contribution in [2.75, 3.05) is 0 Å². The second kappa shape index (κ2) is 9.53. The molecule has 2 aromatic carbocycles. The summed E-state index contributed by atoms with van der Waals surface area (Å²) in [6.45, 7) is 3.06. The predicted octanol–water partition coefficient (Wildman–Crippen LogP) is 3.51. The predicted molar refractivity (Wildman–Crippen MR) is 117 cm³/mol. The van der Waals surface area contributed by atoms with Gasteiger partial charge < -0.3 is 5.32 Å². The number of nitrogens with one attached hydrogen (secondary N) is 1. The number of tetrazole rings is 1. The van der Waals surface area contributed by atoms with Crippen LogP contribution in [0.5, 0.6) is 0 Å². The van der Waals surface area contributed by atoms with Gasteiger partial charge in [-0.1, -0.05) is 42.8 Å². The molecule has 4 rings (SSSR count). The minimum atomic E-state index is -0.535. The van der Waals surface area contributed by atoms with Crippen LogP contribution < -0.4 is 5.32 Å². The van der Waals surface area contributed by atoms with E-state index >= 15 is 0 Å². The van der Waals surface area contributed by atoms with Gasteiger partial charge in [-0.15, -0.1) is 10.2 Å². The Hall–Kier alpha value is -3.52. The van der Waals surface area contributed by atoms with Crippen LogP contribution in [0.3, 0.4) is 0 Å². The minimum Gasteiger partial charge on any atom is -0.350 e. The zero-order valence-corrected chi connectivity index (χ0v) is 17.8. The van der Waals surface area contributed by atoms with E-state index in [2.05, 4.69) is 25.8 Å². The Morgan fingerprint density at radius 3 is 2.52 bits per heavy atom. The van der Waals surface area contributed by atoms with Gasteiger partial charge in [-0.2, -0.15) is 9.90 Å². The van der Waals surface area contributed by atoms with Crippen LogP contribution in [0, 0.1) is 0 Å². The summed E-state index contributed by atoms with van der Waals surface area (Å²) in [6.07, 6.45) is 4.23. The third kappa shape index (κ3) is 5.16. The van der Waals surface area contributed by atoms with Crippen molar-refractivity contribution in [2.45, 2.75) is 32.5 Å². The molecule has 1 N–H and O–H groups in total. The Labute approximate surface area is 184 Å². The van der Waals surface area contributed by atoms with Crippen molar-refractivity contribution in [1.29, 1.82) is 0 Å². The molecule has 4 aromatic rings. The second-order valence-corrected chi connectivity index (χ2v) is 7.54. The van der Waals surface area contributed by atoms with E-state index in [1.807, 2.05) is 60.3 Å². The van der Waals surface area contributed by atoms with E-state index in [1.165, 1.54) is 4.80 Å². The Bertz CT molecular complexity index is 1120. The highest BCUT2D eigenvalue weighted by atomic mass is 35.5. The van der Waals surface area contributed by atoms with Gasteiger partial charge in [-0.25, -0.2) is 0 Å². The average molecular weight is 436 g/mol. The first-order valence-electron chi connectivity index (χ1n) is 10.0. The van der Waals surface area contributed by atoms with Gasteiger partial charge in [0.05, 0.1) is 6.54 Å². The van der Waals surface area contributed by atoms with Crippen molar-refractivity contribution >= 4 is 17.5 Å². The van der Waals surface area contributed by atoms with Gasteiger partial charge in [-0.05, 0) is 53.1 Å². The molecule has 1 amide bonds. The molecule has 0 saturated heterocycles. The maximum absolute atomic E-state index is 12.7. The number of halogens is 1. The quantitative estimate of drug-likeness (QED) is 0.457. The van der Waals surface area contributed by atoms with Crippen molar-refractivity contribution in [2.24, 2.45) is 0 Å². The number of hydrogen-bond acceptors (Lipinski definition) is 5. The number of amides is 1. The molecule has 0 aliphatic carbocycles. The van der Waals surface area contributed by atoms with Crippen LogP contribution >= 0.6 is 11.6 Å². The second-order valence-electron chi connectivity index (χ2n) is 7.10. The summed E-state index contributed by atoms with van der Waals surface area (Å²) >= 11 is 5.93. The van der Waals surface area contributed by atoms with Crippen LogP contribution in [-0.4, -0.2) is 35.9 Å². The maximum atomic E-state index is 12.7. The number of nitrogens with zero attached hydrogens (tertiary/aromatic N) is 6. The minimum absolute atomic E-state index is 0.150. The van der Waals surface area contributed by atoms with Crippen molar-refractivity contribution < 1.29 is 4.79 Å². The van der Waals surface area contributed by atoms with Crippen molar-refractivity contribution in [1.82, 2.24) is 35.3 Å². The van der Waals surface area contributed by atoms with Crippen molar-refractivity contribution in [3.05, 3.63) is 83.1 Å². The molecular weight excluding hydrogens is 414 g/mol. The smallest absolute Gasteiger partial charge is 0.247 e. The Balaban J connectivity index is 1.36. The van der Waals surface area contributed by atoms with E-state index in [-0.39, 0.29) is 5.91 Å². The van der Waals surface area contributed by atoms with Crippen LogP contribution in [0.1, 0.15) is 30.5 Å². The zero-order chi connectivity index (χ0) is 21.6. The molecule has 0 aliphatic heterocycles. The number of aromatic nitrogens is 6. The van der Waals surface area contributed by atoms with Crippen LogP contribution in [0.25, 0.3) is 11.4 Å². The molecule has 1 atom stereocenters. The van der Waals surface area contributed by atoms with Crippen LogP contribution in [-0.2, 0) is 17.9 Å². The highest BCUT2D eigenvalue weighted by Crippen LogP contribution is 2.18. The molecule has 2 aromatic heterocycles. The molecule has 0 saturated carbocycles. The first-order valence-corrected chi connectivity index (χ1v) is 10.4. The summed E-state index contributed by atoms with van der Waals surface area (Å²) in [5.41, 5.74) is 2.95. The summed E-state index contributed by atoms with van der Waals surface area (Å²) in [5, 5.41) is 20.4. The topological polar surface area (TPSA) is 90.5 Å². The van der Waals surface area contributed by atoms with E-state index in [1.54, 1.807) is 18.3 Å². The number of carbonyl (C=O) groups is 1. The standard InChI is InChI=1S/C22H22ClN7O/c1-2-20(30-27-21(26-28-30)18-8-10-19(23)11-9-18)22(31)24-14-16-4-6-17(7-5-16)15-29-13-3-12-25-29/h3-13,20H,2,14-15H2,1H3,(H,24,31). The van der Waals surface area contributed by atoms with E-state index in [9.17, 15) is 4.79 Å². The monoisotopic (exact) mass is 435 g/mol. The molecule has 0 radical (unpaired) electrons. The fourth-order valence-corrected chi connectivity index (χ4v) is 3.30. The van der Waals surface area contributed by atoms with Gasteiger partial charge in [0.25, 0.3) is 0 Å². The summed E-state index contributed by atoms with van der Waals surface area (Å²) < 4.78 is 1.87. The molecule has 0 fully saturated rings. The first kappa shape index (κ1) is 20.7. The van der Waals surface area contributed by atoms with Crippen molar-refractivity contribution in [3.8, 4) is 11.4 Å². The molecule has 8 nitrogen and oxygen atoms in total. The molecule has 0 bridgehead atoms. The van der Waals surface area contributed by atoms with Gasteiger partial charge in [0.15, 0.2) is 6.04 Å². The molecule has 2 heterocycles.